The monoisotopic (exact) mass is 178 g/mol. The van der Waals surface area contributed by atoms with Gasteiger partial charge in [-0.05, 0) is 11.8 Å². The SMILES string of the molecule is CCC(CBr)C(C)C. The number of hydrogen-bond donors (Lipinski definition) is 0. The van der Waals surface area contributed by atoms with E-state index in [1.807, 2.05) is 0 Å². The lowest BCUT2D eigenvalue weighted by molar-refractivity contribution is 0.417. The lowest BCUT2D eigenvalue weighted by atomic mass is 9.96. The Kier molecular flexibility index (Phi) is 4.63. The zero-order chi connectivity index (χ0) is 6.57. The van der Waals surface area contributed by atoms with E-state index in [4.69, 9.17) is 0 Å². The van der Waals surface area contributed by atoms with Crippen LogP contribution in [-0.4, -0.2) is 5.33 Å². The lowest BCUT2D eigenvalue weighted by Gasteiger charge is -2.14. The topological polar surface area (TPSA) is 0 Å². The third-order valence-corrected chi connectivity index (χ3v) is 2.50. The normalized spacial score (nSPS) is 14.6. The van der Waals surface area contributed by atoms with Crippen LogP contribution in [0.3, 0.4) is 0 Å². The molecule has 0 N–H and O–H groups in total. The molecule has 0 aliphatic heterocycles. The smallest absolute Gasteiger partial charge is 0.00620 e. The van der Waals surface area contributed by atoms with Gasteiger partial charge in [-0.25, -0.2) is 0 Å². The largest absolute Gasteiger partial charge is 0.0925 e. The van der Waals surface area contributed by atoms with E-state index < -0.39 is 0 Å². The molecule has 1 heteroatoms. The van der Waals surface area contributed by atoms with Gasteiger partial charge in [0.15, 0.2) is 0 Å². The summed E-state index contributed by atoms with van der Waals surface area (Å²) in [6.45, 7) is 6.79. The highest BCUT2D eigenvalue weighted by molar-refractivity contribution is 9.09. The van der Waals surface area contributed by atoms with Crippen LogP contribution < -0.4 is 0 Å². The summed E-state index contributed by atoms with van der Waals surface area (Å²) in [4.78, 5) is 0. The highest BCUT2D eigenvalue weighted by Crippen LogP contribution is 2.16. The molecule has 0 aliphatic rings. The van der Waals surface area contributed by atoms with E-state index in [0.29, 0.717) is 0 Å². The van der Waals surface area contributed by atoms with Crippen molar-refractivity contribution in [1.29, 1.82) is 0 Å². The predicted molar refractivity (Wildman–Crippen MR) is 42.4 cm³/mol. The van der Waals surface area contributed by atoms with Crippen molar-refractivity contribution in [3.05, 3.63) is 0 Å². The van der Waals surface area contributed by atoms with Crippen LogP contribution in [-0.2, 0) is 0 Å². The van der Waals surface area contributed by atoms with Crippen LogP contribution in [0.4, 0.5) is 0 Å². The van der Waals surface area contributed by atoms with E-state index in [-0.39, 0.29) is 0 Å². The molecule has 8 heavy (non-hydrogen) atoms. The maximum absolute atomic E-state index is 3.48. The fourth-order valence-corrected chi connectivity index (χ4v) is 1.96. The summed E-state index contributed by atoms with van der Waals surface area (Å²) < 4.78 is 0. The third kappa shape index (κ3) is 2.71. The summed E-state index contributed by atoms with van der Waals surface area (Å²) in [5.41, 5.74) is 0. The Labute approximate surface area is 60.8 Å². The van der Waals surface area contributed by atoms with Gasteiger partial charge in [0.05, 0.1) is 0 Å². The molecule has 0 aromatic carbocycles. The van der Waals surface area contributed by atoms with E-state index >= 15 is 0 Å². The summed E-state index contributed by atoms with van der Waals surface area (Å²) in [6, 6.07) is 0. The van der Waals surface area contributed by atoms with Gasteiger partial charge < -0.3 is 0 Å². The van der Waals surface area contributed by atoms with Crippen LogP contribution in [0.2, 0.25) is 0 Å². The second kappa shape index (κ2) is 4.37. The average Bonchev–Trinajstić information content (AvgIpc) is 1.69. The third-order valence-electron chi connectivity index (χ3n) is 1.67. The summed E-state index contributed by atoms with van der Waals surface area (Å²) in [6.07, 6.45) is 1.29. The molecule has 0 aromatic rings. The van der Waals surface area contributed by atoms with Crippen molar-refractivity contribution in [1.82, 2.24) is 0 Å². The van der Waals surface area contributed by atoms with Gasteiger partial charge in [-0.2, -0.15) is 0 Å². The Morgan fingerprint density at radius 3 is 1.88 bits per heavy atom. The van der Waals surface area contributed by atoms with Crippen LogP contribution in [0.1, 0.15) is 27.2 Å². The molecule has 0 heterocycles. The number of alkyl halides is 1. The van der Waals surface area contributed by atoms with Gasteiger partial charge in [0.1, 0.15) is 0 Å². The maximum atomic E-state index is 3.48. The Balaban J connectivity index is 3.35. The van der Waals surface area contributed by atoms with Crippen molar-refractivity contribution >= 4 is 15.9 Å². The molecule has 0 saturated heterocycles. The Bertz CT molecular complexity index is 46.3. The van der Waals surface area contributed by atoms with Crippen LogP contribution in [0.15, 0.2) is 0 Å². The molecule has 0 saturated carbocycles. The molecule has 0 radical (unpaired) electrons. The minimum atomic E-state index is 0.833. The van der Waals surface area contributed by atoms with Gasteiger partial charge in [0.25, 0.3) is 0 Å². The number of hydrogen-bond acceptors (Lipinski definition) is 0. The molecule has 0 rings (SSSR count). The van der Waals surface area contributed by atoms with Crippen LogP contribution in [0.5, 0.6) is 0 Å². The fraction of sp³-hybridized carbons (Fsp3) is 1.00. The molecular formula is C7H15Br. The Hall–Kier alpha value is 0.480. The van der Waals surface area contributed by atoms with Crippen molar-refractivity contribution in [3.8, 4) is 0 Å². The summed E-state index contributed by atoms with van der Waals surface area (Å²) in [5.74, 6) is 1.70. The van der Waals surface area contributed by atoms with Gasteiger partial charge in [-0.15, -0.1) is 0 Å². The minimum Gasteiger partial charge on any atom is -0.0925 e. The first-order valence-corrected chi connectivity index (χ1v) is 4.40. The second-order valence-corrected chi connectivity index (χ2v) is 3.21. The zero-order valence-corrected chi connectivity index (χ0v) is 7.53. The molecule has 0 aliphatic carbocycles. The van der Waals surface area contributed by atoms with E-state index in [1.54, 1.807) is 0 Å². The quantitative estimate of drug-likeness (QED) is 0.584. The molecule has 0 spiro atoms. The van der Waals surface area contributed by atoms with E-state index in [2.05, 4.69) is 36.7 Å². The van der Waals surface area contributed by atoms with Gasteiger partial charge in [0, 0.05) is 5.33 Å². The van der Waals surface area contributed by atoms with Crippen molar-refractivity contribution in [3.63, 3.8) is 0 Å². The molecule has 0 amide bonds. The lowest BCUT2D eigenvalue weighted by Crippen LogP contribution is -2.07. The summed E-state index contributed by atoms with van der Waals surface area (Å²) >= 11 is 3.48. The van der Waals surface area contributed by atoms with Crippen molar-refractivity contribution in [2.45, 2.75) is 27.2 Å². The van der Waals surface area contributed by atoms with E-state index in [9.17, 15) is 0 Å². The van der Waals surface area contributed by atoms with E-state index in [0.717, 1.165) is 17.2 Å². The van der Waals surface area contributed by atoms with Gasteiger partial charge in [0.2, 0.25) is 0 Å². The number of rotatable bonds is 3. The average molecular weight is 179 g/mol. The molecular weight excluding hydrogens is 164 g/mol. The van der Waals surface area contributed by atoms with Crippen LogP contribution >= 0.6 is 15.9 Å². The second-order valence-electron chi connectivity index (χ2n) is 2.57. The maximum Gasteiger partial charge on any atom is 0.00620 e. The molecule has 0 aromatic heterocycles. The Morgan fingerprint density at radius 2 is 1.88 bits per heavy atom. The van der Waals surface area contributed by atoms with Crippen molar-refractivity contribution < 1.29 is 0 Å². The number of halogens is 1. The molecule has 1 unspecified atom stereocenters. The predicted octanol–water partition coefficient (Wildman–Crippen LogP) is 3.06. The molecule has 1 atom stereocenters. The molecule has 50 valence electrons. The first kappa shape index (κ1) is 8.48. The summed E-state index contributed by atoms with van der Waals surface area (Å²) in [5, 5.41) is 1.15. The summed E-state index contributed by atoms with van der Waals surface area (Å²) in [7, 11) is 0. The first-order chi connectivity index (χ1) is 3.72. The molecule has 0 nitrogen and oxygen atoms in total. The van der Waals surface area contributed by atoms with E-state index in [1.165, 1.54) is 6.42 Å². The van der Waals surface area contributed by atoms with Gasteiger partial charge in [-0.1, -0.05) is 43.1 Å². The highest BCUT2D eigenvalue weighted by Gasteiger charge is 2.07. The van der Waals surface area contributed by atoms with Crippen LogP contribution in [0.25, 0.3) is 0 Å². The minimum absolute atomic E-state index is 0.833. The van der Waals surface area contributed by atoms with Crippen molar-refractivity contribution in [2.75, 3.05) is 5.33 Å². The molecule has 0 bridgehead atoms. The first-order valence-electron chi connectivity index (χ1n) is 3.28. The van der Waals surface area contributed by atoms with Crippen LogP contribution in [0, 0.1) is 11.8 Å². The zero-order valence-electron chi connectivity index (χ0n) is 5.95. The Morgan fingerprint density at radius 1 is 1.38 bits per heavy atom. The van der Waals surface area contributed by atoms with Gasteiger partial charge in [-0.3, -0.25) is 0 Å². The molecule has 0 fully saturated rings. The van der Waals surface area contributed by atoms with Crippen molar-refractivity contribution in [2.24, 2.45) is 11.8 Å². The standard InChI is InChI=1S/C7H15Br/c1-4-7(5-8)6(2)3/h6-7H,4-5H2,1-3H3. The van der Waals surface area contributed by atoms with Gasteiger partial charge >= 0.3 is 0 Å². The highest BCUT2D eigenvalue weighted by atomic mass is 79.9. The fourth-order valence-electron chi connectivity index (χ4n) is 0.759.